The Morgan fingerprint density at radius 1 is 1.14 bits per heavy atom. The Bertz CT molecular complexity index is 671. The van der Waals surface area contributed by atoms with Crippen LogP contribution >= 0.6 is 0 Å². The number of pyridine rings is 1. The Hall–Kier alpha value is -2.36. The zero-order valence-electron chi connectivity index (χ0n) is 12.3. The summed E-state index contributed by atoms with van der Waals surface area (Å²) in [5.74, 6) is -3.99. The van der Waals surface area contributed by atoms with Gasteiger partial charge in [-0.3, -0.25) is 0 Å². The second kappa shape index (κ2) is 5.44. The number of nitrogens with zero attached hydrogens (tertiary/aromatic N) is 4. The number of hydrogen-bond acceptors (Lipinski definition) is 8. The van der Waals surface area contributed by atoms with Gasteiger partial charge in [-0.1, -0.05) is 0 Å². The molecule has 0 aliphatic heterocycles. The fourth-order valence-corrected chi connectivity index (χ4v) is 1.62. The minimum Gasteiger partial charge on any atom is -0.455 e. The van der Waals surface area contributed by atoms with Crippen LogP contribution in [-0.2, 0) is 10.7 Å². The largest absolute Gasteiger partial charge is 0.455 e. The van der Waals surface area contributed by atoms with E-state index >= 15 is 0 Å². The molecule has 0 unspecified atom stereocenters. The molecule has 2 heterocycles. The Balaban J connectivity index is 2.53. The first-order chi connectivity index (χ1) is 10.1. The summed E-state index contributed by atoms with van der Waals surface area (Å²) in [6, 6.07) is 2.45. The number of rotatable bonds is 3. The van der Waals surface area contributed by atoms with E-state index in [2.05, 4.69) is 15.2 Å². The van der Waals surface area contributed by atoms with E-state index in [9.17, 15) is 20.1 Å². The molecular formula is C13H16N4O5. The van der Waals surface area contributed by atoms with Crippen LogP contribution in [0, 0.1) is 0 Å². The summed E-state index contributed by atoms with van der Waals surface area (Å²) >= 11 is 0. The molecule has 0 fully saturated rings. The third-order valence-electron chi connectivity index (χ3n) is 2.44. The summed E-state index contributed by atoms with van der Waals surface area (Å²) in [6.07, 6.45) is 2.81. The quantitative estimate of drug-likeness (QED) is 0.520. The second-order valence-electron chi connectivity index (χ2n) is 5.52. The average Bonchev–Trinajstić information content (AvgIpc) is 2.88. The first-order valence-electron chi connectivity index (χ1n) is 6.36. The second-order valence-corrected chi connectivity index (χ2v) is 5.52. The molecule has 2 aromatic rings. The van der Waals surface area contributed by atoms with Crippen LogP contribution in [0.4, 0.5) is 0 Å². The summed E-state index contributed by atoms with van der Waals surface area (Å²) in [4.78, 5) is 17.1. The van der Waals surface area contributed by atoms with Crippen LogP contribution in [0.1, 0.15) is 37.0 Å². The van der Waals surface area contributed by atoms with Gasteiger partial charge in [0.05, 0.1) is 12.4 Å². The molecule has 0 aliphatic rings. The molecule has 2 rings (SSSR count). The number of esters is 1. The van der Waals surface area contributed by atoms with Crippen molar-refractivity contribution in [1.82, 2.24) is 20.0 Å². The standard InChI is InChI=1S/C13H16N4O5/c1-12(2,3)22-11(18)10-8(17-14-6-7-15-17)4-5-9(16-10)13(19,20)21/h4-7,19-21H,1-3H3. The maximum absolute atomic E-state index is 12.3. The zero-order chi connectivity index (χ0) is 16.5. The summed E-state index contributed by atoms with van der Waals surface area (Å²) in [6.45, 7) is 5.03. The first kappa shape index (κ1) is 16.0. The third kappa shape index (κ3) is 3.64. The van der Waals surface area contributed by atoms with E-state index < -0.39 is 23.2 Å². The summed E-state index contributed by atoms with van der Waals surface area (Å²) in [7, 11) is 0. The number of aromatic nitrogens is 4. The Morgan fingerprint density at radius 3 is 2.23 bits per heavy atom. The maximum Gasteiger partial charge on any atom is 0.359 e. The van der Waals surface area contributed by atoms with Gasteiger partial charge < -0.3 is 20.1 Å². The maximum atomic E-state index is 12.3. The molecule has 0 saturated heterocycles. The molecule has 9 nitrogen and oxygen atoms in total. The monoisotopic (exact) mass is 308 g/mol. The van der Waals surface area contributed by atoms with Crippen LogP contribution < -0.4 is 0 Å². The van der Waals surface area contributed by atoms with Crippen molar-refractivity contribution in [2.75, 3.05) is 0 Å². The highest BCUT2D eigenvalue weighted by Crippen LogP contribution is 2.20. The highest BCUT2D eigenvalue weighted by Gasteiger charge is 2.29. The van der Waals surface area contributed by atoms with Gasteiger partial charge in [0.25, 0.3) is 0 Å². The van der Waals surface area contributed by atoms with Crippen LogP contribution in [0.15, 0.2) is 24.5 Å². The van der Waals surface area contributed by atoms with Crippen LogP contribution in [0.3, 0.4) is 0 Å². The highest BCUT2D eigenvalue weighted by molar-refractivity contribution is 5.91. The van der Waals surface area contributed by atoms with E-state index in [0.29, 0.717) is 0 Å². The first-order valence-corrected chi connectivity index (χ1v) is 6.36. The molecular weight excluding hydrogens is 292 g/mol. The number of ether oxygens (including phenoxy) is 1. The van der Waals surface area contributed by atoms with E-state index in [0.717, 1.165) is 10.9 Å². The number of aliphatic hydroxyl groups is 3. The fourth-order valence-electron chi connectivity index (χ4n) is 1.62. The summed E-state index contributed by atoms with van der Waals surface area (Å²) in [5, 5.41) is 35.4. The van der Waals surface area contributed by atoms with Crippen LogP contribution in [0.2, 0.25) is 0 Å². The minimum atomic E-state index is -3.17. The Kier molecular flexibility index (Phi) is 3.96. The molecule has 9 heteroatoms. The van der Waals surface area contributed by atoms with Crippen molar-refractivity contribution in [2.24, 2.45) is 0 Å². The lowest BCUT2D eigenvalue weighted by Gasteiger charge is -2.21. The third-order valence-corrected chi connectivity index (χ3v) is 2.44. The van der Waals surface area contributed by atoms with Crippen LogP contribution in [0.25, 0.3) is 5.69 Å². The summed E-state index contributed by atoms with van der Waals surface area (Å²) in [5.41, 5.74) is -1.39. The van der Waals surface area contributed by atoms with Gasteiger partial charge in [0, 0.05) is 0 Å². The number of carbonyl (C=O) groups excluding carboxylic acids is 1. The van der Waals surface area contributed by atoms with Crippen LogP contribution in [0.5, 0.6) is 0 Å². The van der Waals surface area contributed by atoms with Gasteiger partial charge >= 0.3 is 11.9 Å². The topological polar surface area (TPSA) is 131 Å². The van der Waals surface area contributed by atoms with Crippen molar-refractivity contribution in [3.8, 4) is 5.69 Å². The number of carbonyl (C=O) groups is 1. The molecule has 0 aromatic carbocycles. The average molecular weight is 308 g/mol. The normalized spacial score (nSPS) is 12.3. The lowest BCUT2D eigenvalue weighted by molar-refractivity contribution is -0.326. The van der Waals surface area contributed by atoms with Crippen molar-refractivity contribution in [3.63, 3.8) is 0 Å². The van der Waals surface area contributed by atoms with E-state index in [1.807, 2.05) is 0 Å². The van der Waals surface area contributed by atoms with Crippen molar-refractivity contribution in [1.29, 1.82) is 0 Å². The van der Waals surface area contributed by atoms with Gasteiger partial charge in [-0.15, -0.1) is 4.80 Å². The van der Waals surface area contributed by atoms with Crippen molar-refractivity contribution >= 4 is 5.97 Å². The van der Waals surface area contributed by atoms with E-state index in [4.69, 9.17) is 4.74 Å². The van der Waals surface area contributed by atoms with Crippen molar-refractivity contribution in [2.45, 2.75) is 32.3 Å². The Labute approximate surface area is 125 Å². The van der Waals surface area contributed by atoms with Gasteiger partial charge in [-0.25, -0.2) is 9.78 Å². The molecule has 3 N–H and O–H groups in total. The lowest BCUT2D eigenvalue weighted by atomic mass is 10.2. The van der Waals surface area contributed by atoms with Crippen LogP contribution in [-0.4, -0.2) is 46.9 Å². The molecule has 0 aliphatic carbocycles. The lowest BCUT2D eigenvalue weighted by Crippen LogP contribution is -2.29. The predicted molar refractivity (Wildman–Crippen MR) is 72.7 cm³/mol. The van der Waals surface area contributed by atoms with Gasteiger partial charge in [-0.05, 0) is 32.9 Å². The highest BCUT2D eigenvalue weighted by atomic mass is 16.7. The SMILES string of the molecule is CC(C)(C)OC(=O)c1nc(C(O)(O)O)ccc1-n1nccn1. The van der Waals surface area contributed by atoms with Gasteiger partial charge in [-0.2, -0.15) is 10.2 Å². The van der Waals surface area contributed by atoms with Gasteiger partial charge in [0.2, 0.25) is 0 Å². The van der Waals surface area contributed by atoms with Gasteiger partial charge in [0.15, 0.2) is 5.69 Å². The van der Waals surface area contributed by atoms with E-state index in [1.165, 1.54) is 18.5 Å². The molecule has 0 spiro atoms. The van der Waals surface area contributed by atoms with E-state index in [-0.39, 0.29) is 11.4 Å². The number of hydrogen-bond donors (Lipinski definition) is 3. The summed E-state index contributed by atoms with van der Waals surface area (Å²) < 4.78 is 5.21. The predicted octanol–water partition coefficient (Wildman–Crippen LogP) is -0.295. The van der Waals surface area contributed by atoms with Crippen molar-refractivity contribution < 1.29 is 24.9 Å². The molecule has 118 valence electrons. The fraction of sp³-hybridized carbons (Fsp3) is 0.385. The molecule has 22 heavy (non-hydrogen) atoms. The molecule has 0 bridgehead atoms. The zero-order valence-corrected chi connectivity index (χ0v) is 12.3. The van der Waals surface area contributed by atoms with E-state index in [1.54, 1.807) is 20.8 Å². The molecule has 0 atom stereocenters. The van der Waals surface area contributed by atoms with Gasteiger partial charge in [0.1, 0.15) is 17.0 Å². The smallest absolute Gasteiger partial charge is 0.359 e. The van der Waals surface area contributed by atoms with Crippen molar-refractivity contribution in [3.05, 3.63) is 35.9 Å². The minimum absolute atomic E-state index is 0.173. The molecule has 2 aromatic heterocycles. The Morgan fingerprint density at radius 2 is 1.73 bits per heavy atom. The molecule has 0 saturated carbocycles. The molecule has 0 radical (unpaired) electrons. The molecule has 0 amide bonds.